The summed E-state index contributed by atoms with van der Waals surface area (Å²) >= 11 is 0. The molecule has 9 heteroatoms. The monoisotopic (exact) mass is 250 g/mol. The summed E-state index contributed by atoms with van der Waals surface area (Å²) in [6.45, 7) is 0. The fourth-order valence-corrected chi connectivity index (χ4v) is 0.621. The normalized spacial score (nSPS) is 12.4. The Labute approximate surface area is 84.4 Å². The van der Waals surface area contributed by atoms with Gasteiger partial charge in [-0.2, -0.15) is 26.3 Å². The predicted octanol–water partition coefficient (Wildman–Crippen LogP) is 1.60. The molecule has 0 atom stereocenters. The number of hydrogen-bond donors (Lipinski definition) is 0. The third-order valence-corrected chi connectivity index (χ3v) is 1.35. The first-order chi connectivity index (χ1) is 6.94. The van der Waals surface area contributed by atoms with Crippen molar-refractivity contribution in [2.45, 2.75) is 25.2 Å². The highest BCUT2D eigenvalue weighted by atomic mass is 19.4. The zero-order chi connectivity index (χ0) is 13.1. The van der Waals surface area contributed by atoms with E-state index < -0.39 is 42.5 Å². The SMILES string of the molecule is O=C(CC(=O)C(F)(F)F)CC(=O)C(F)(F)F. The van der Waals surface area contributed by atoms with Gasteiger partial charge in [-0.25, -0.2) is 0 Å². The Balaban J connectivity index is 4.32. The van der Waals surface area contributed by atoms with Crippen LogP contribution in [0.3, 0.4) is 0 Å². The molecule has 0 unspecified atom stereocenters. The van der Waals surface area contributed by atoms with E-state index in [2.05, 4.69) is 0 Å². The third kappa shape index (κ3) is 4.89. The first-order valence-electron chi connectivity index (χ1n) is 3.66. The Morgan fingerprint density at radius 3 is 1.12 bits per heavy atom. The highest BCUT2D eigenvalue weighted by Gasteiger charge is 2.42. The molecule has 0 aliphatic rings. The van der Waals surface area contributed by atoms with Crippen LogP contribution in [0.4, 0.5) is 26.3 Å². The Morgan fingerprint density at radius 2 is 0.938 bits per heavy atom. The predicted molar refractivity (Wildman–Crippen MR) is 36.4 cm³/mol. The van der Waals surface area contributed by atoms with Gasteiger partial charge in [0, 0.05) is 0 Å². The number of halogens is 6. The molecule has 3 nitrogen and oxygen atoms in total. The molecule has 0 saturated heterocycles. The number of ketones is 3. The summed E-state index contributed by atoms with van der Waals surface area (Å²) < 4.78 is 69.4. The molecular formula is C7H4F6O3. The van der Waals surface area contributed by atoms with Gasteiger partial charge in [0.05, 0.1) is 12.8 Å². The molecule has 0 spiro atoms. The molecule has 0 aliphatic carbocycles. The van der Waals surface area contributed by atoms with Crippen molar-refractivity contribution in [3.63, 3.8) is 0 Å². The Bertz CT molecular complexity index is 283. The second-order valence-corrected chi connectivity index (χ2v) is 2.73. The molecule has 0 N–H and O–H groups in total. The molecule has 0 heterocycles. The average molecular weight is 250 g/mol. The van der Waals surface area contributed by atoms with Crippen LogP contribution in [-0.4, -0.2) is 29.7 Å². The maximum Gasteiger partial charge on any atom is 0.450 e. The van der Waals surface area contributed by atoms with Crippen molar-refractivity contribution in [3.8, 4) is 0 Å². The summed E-state index contributed by atoms with van der Waals surface area (Å²) in [6, 6.07) is 0. The summed E-state index contributed by atoms with van der Waals surface area (Å²) in [4.78, 5) is 30.9. The van der Waals surface area contributed by atoms with Crippen LogP contribution in [0.25, 0.3) is 0 Å². The molecule has 0 aliphatic heterocycles. The summed E-state index contributed by atoms with van der Waals surface area (Å²) in [5.74, 6) is -6.68. The van der Waals surface area contributed by atoms with Crippen LogP contribution in [0.15, 0.2) is 0 Å². The van der Waals surface area contributed by atoms with Crippen LogP contribution in [0.2, 0.25) is 0 Å². The van der Waals surface area contributed by atoms with E-state index in [0.717, 1.165) is 0 Å². The van der Waals surface area contributed by atoms with Crippen molar-refractivity contribution in [2.24, 2.45) is 0 Å². The minimum absolute atomic E-state index is 1.72. The Morgan fingerprint density at radius 1 is 0.688 bits per heavy atom. The van der Waals surface area contributed by atoms with Crippen molar-refractivity contribution in [3.05, 3.63) is 0 Å². The lowest BCUT2D eigenvalue weighted by Gasteiger charge is -2.05. The average Bonchev–Trinajstić information content (AvgIpc) is 1.99. The molecular weight excluding hydrogens is 246 g/mol. The topological polar surface area (TPSA) is 51.2 Å². The quantitative estimate of drug-likeness (QED) is 0.562. The summed E-state index contributed by atoms with van der Waals surface area (Å²) in [7, 11) is 0. The van der Waals surface area contributed by atoms with Crippen LogP contribution < -0.4 is 0 Å². The van der Waals surface area contributed by atoms with Gasteiger partial charge in [0.1, 0.15) is 5.78 Å². The van der Waals surface area contributed by atoms with E-state index in [1.807, 2.05) is 0 Å². The van der Waals surface area contributed by atoms with E-state index in [-0.39, 0.29) is 0 Å². The summed E-state index contributed by atoms with van der Waals surface area (Å²) in [6.07, 6.45) is -14.1. The lowest BCUT2D eigenvalue weighted by Crippen LogP contribution is -2.29. The largest absolute Gasteiger partial charge is 0.450 e. The lowest BCUT2D eigenvalue weighted by atomic mass is 10.1. The second-order valence-electron chi connectivity index (χ2n) is 2.73. The fourth-order valence-electron chi connectivity index (χ4n) is 0.621. The van der Waals surface area contributed by atoms with Gasteiger partial charge in [-0.3, -0.25) is 14.4 Å². The highest BCUT2D eigenvalue weighted by Crippen LogP contribution is 2.21. The minimum atomic E-state index is -5.29. The molecule has 0 amide bonds. The lowest BCUT2D eigenvalue weighted by molar-refractivity contribution is -0.174. The van der Waals surface area contributed by atoms with Crippen molar-refractivity contribution in [1.82, 2.24) is 0 Å². The molecule has 16 heavy (non-hydrogen) atoms. The smallest absolute Gasteiger partial charge is 0.299 e. The number of hydrogen-bond acceptors (Lipinski definition) is 3. The van der Waals surface area contributed by atoms with E-state index in [1.54, 1.807) is 0 Å². The third-order valence-electron chi connectivity index (χ3n) is 1.35. The Hall–Kier alpha value is -1.41. The van der Waals surface area contributed by atoms with E-state index in [4.69, 9.17) is 0 Å². The standard InChI is InChI=1S/C7H4F6O3/c8-6(9,10)4(15)1-3(14)2-5(16)7(11,12)13/h1-2H2. The van der Waals surface area contributed by atoms with Gasteiger partial charge in [0.15, 0.2) is 0 Å². The molecule has 0 bridgehead atoms. The maximum absolute atomic E-state index is 11.6. The highest BCUT2D eigenvalue weighted by molar-refractivity contribution is 6.09. The molecule has 0 radical (unpaired) electrons. The minimum Gasteiger partial charge on any atom is -0.299 e. The molecule has 0 aromatic carbocycles. The molecule has 92 valence electrons. The summed E-state index contributed by atoms with van der Waals surface area (Å²) in [5.41, 5.74) is 0. The maximum atomic E-state index is 11.6. The van der Waals surface area contributed by atoms with Crippen LogP contribution >= 0.6 is 0 Å². The first kappa shape index (κ1) is 14.6. The number of rotatable bonds is 4. The van der Waals surface area contributed by atoms with E-state index >= 15 is 0 Å². The number of alkyl halides is 6. The van der Waals surface area contributed by atoms with Crippen molar-refractivity contribution in [1.29, 1.82) is 0 Å². The van der Waals surface area contributed by atoms with Gasteiger partial charge in [0.25, 0.3) is 0 Å². The Kier molecular flexibility index (Phi) is 4.21. The van der Waals surface area contributed by atoms with Gasteiger partial charge in [-0.05, 0) is 0 Å². The van der Waals surface area contributed by atoms with Crippen LogP contribution in [0.5, 0.6) is 0 Å². The van der Waals surface area contributed by atoms with Gasteiger partial charge in [-0.15, -0.1) is 0 Å². The van der Waals surface area contributed by atoms with E-state index in [0.29, 0.717) is 0 Å². The van der Waals surface area contributed by atoms with Crippen LogP contribution in [-0.2, 0) is 14.4 Å². The number of Topliss-reactive ketones (excluding diaryl/α,β-unsaturated/α-hetero) is 3. The van der Waals surface area contributed by atoms with Crippen LogP contribution in [0.1, 0.15) is 12.8 Å². The van der Waals surface area contributed by atoms with Crippen molar-refractivity contribution < 1.29 is 40.7 Å². The molecule has 0 fully saturated rings. The van der Waals surface area contributed by atoms with Gasteiger partial charge >= 0.3 is 12.4 Å². The fraction of sp³-hybridized carbons (Fsp3) is 0.571. The van der Waals surface area contributed by atoms with Crippen molar-refractivity contribution >= 4 is 17.3 Å². The van der Waals surface area contributed by atoms with Gasteiger partial charge in [-0.1, -0.05) is 0 Å². The molecule has 0 saturated carbocycles. The number of carbonyl (C=O) groups is 3. The molecule has 0 aromatic heterocycles. The van der Waals surface area contributed by atoms with Crippen molar-refractivity contribution in [2.75, 3.05) is 0 Å². The van der Waals surface area contributed by atoms with Crippen LogP contribution in [0, 0.1) is 0 Å². The zero-order valence-corrected chi connectivity index (χ0v) is 7.41. The number of carbonyl (C=O) groups excluding carboxylic acids is 3. The second kappa shape index (κ2) is 4.62. The van der Waals surface area contributed by atoms with Gasteiger partial charge < -0.3 is 0 Å². The molecule has 0 aromatic rings. The summed E-state index contributed by atoms with van der Waals surface area (Å²) in [5, 5.41) is 0. The van der Waals surface area contributed by atoms with E-state index in [9.17, 15) is 40.7 Å². The van der Waals surface area contributed by atoms with Gasteiger partial charge in [0.2, 0.25) is 11.6 Å². The molecule has 0 rings (SSSR count). The van der Waals surface area contributed by atoms with E-state index in [1.165, 1.54) is 0 Å². The first-order valence-corrected chi connectivity index (χ1v) is 3.66. The zero-order valence-electron chi connectivity index (χ0n) is 7.41.